The zero-order valence-corrected chi connectivity index (χ0v) is 22.8. The monoisotopic (exact) mass is 534 g/mol. The predicted octanol–water partition coefficient (Wildman–Crippen LogP) is 4.70. The van der Waals surface area contributed by atoms with E-state index in [2.05, 4.69) is 30.9 Å². The lowest BCUT2D eigenvalue weighted by molar-refractivity contribution is 0.0746. The van der Waals surface area contributed by atoms with Crippen LogP contribution in [0.1, 0.15) is 27.0 Å². The molecule has 2 heterocycles. The number of hydrogen-bond acceptors (Lipinski definition) is 6. The van der Waals surface area contributed by atoms with E-state index >= 15 is 0 Å². The highest BCUT2D eigenvalue weighted by molar-refractivity contribution is 7.89. The molecule has 1 amide bonds. The van der Waals surface area contributed by atoms with Gasteiger partial charge in [0.25, 0.3) is 5.91 Å². The van der Waals surface area contributed by atoms with Crippen LogP contribution in [0.2, 0.25) is 0 Å². The van der Waals surface area contributed by atoms with Crippen LogP contribution in [0.4, 0.5) is 5.13 Å². The van der Waals surface area contributed by atoms with E-state index in [-0.39, 0.29) is 17.3 Å². The Kier molecular flexibility index (Phi) is 7.02. The Morgan fingerprint density at radius 3 is 2.32 bits per heavy atom. The Morgan fingerprint density at radius 1 is 0.973 bits per heavy atom. The van der Waals surface area contributed by atoms with Crippen LogP contribution >= 0.6 is 11.3 Å². The first-order valence-corrected chi connectivity index (χ1v) is 14.5. The fourth-order valence-corrected chi connectivity index (χ4v) is 7.00. The maximum atomic E-state index is 13.1. The second-order valence-electron chi connectivity index (χ2n) is 9.48. The lowest BCUT2D eigenvalue weighted by Crippen LogP contribution is -2.48. The molecule has 5 rings (SSSR count). The van der Waals surface area contributed by atoms with Crippen LogP contribution in [0, 0.1) is 13.8 Å². The van der Waals surface area contributed by atoms with Crippen LogP contribution < -0.4 is 4.90 Å². The Hall–Kier alpha value is -3.27. The molecule has 1 aliphatic heterocycles. The van der Waals surface area contributed by atoms with Gasteiger partial charge in [0.2, 0.25) is 10.0 Å². The maximum absolute atomic E-state index is 13.1. The number of hydrogen-bond donors (Lipinski definition) is 0. The molecule has 0 saturated carbocycles. The van der Waals surface area contributed by atoms with Gasteiger partial charge in [-0.25, -0.2) is 13.4 Å². The highest BCUT2D eigenvalue weighted by Gasteiger charge is 2.26. The Bertz CT molecular complexity index is 1530. The molecule has 0 bridgehead atoms. The van der Waals surface area contributed by atoms with Gasteiger partial charge >= 0.3 is 0 Å². The summed E-state index contributed by atoms with van der Waals surface area (Å²) in [7, 11) is -2.10. The lowest BCUT2D eigenvalue weighted by Gasteiger charge is -2.34. The molecule has 1 aliphatic rings. The highest BCUT2D eigenvalue weighted by atomic mass is 32.2. The lowest BCUT2D eigenvalue weighted by atomic mass is 10.1. The molecule has 3 aromatic carbocycles. The van der Waals surface area contributed by atoms with E-state index in [0.29, 0.717) is 31.7 Å². The number of thiazole rings is 1. The van der Waals surface area contributed by atoms with Gasteiger partial charge in [-0.15, -0.1) is 0 Å². The minimum absolute atomic E-state index is 0.0861. The maximum Gasteiger partial charge on any atom is 0.253 e. The van der Waals surface area contributed by atoms with Gasteiger partial charge in [0.05, 0.1) is 15.1 Å². The van der Waals surface area contributed by atoms with Crippen LogP contribution in [-0.2, 0) is 16.6 Å². The number of fused-ring (bicyclic) bond motifs is 1. The van der Waals surface area contributed by atoms with E-state index in [1.54, 1.807) is 30.5 Å². The number of anilines is 1. The molecule has 37 heavy (non-hydrogen) atoms. The van der Waals surface area contributed by atoms with Crippen molar-refractivity contribution in [3.05, 3.63) is 89.0 Å². The van der Waals surface area contributed by atoms with Gasteiger partial charge < -0.3 is 9.80 Å². The van der Waals surface area contributed by atoms with Gasteiger partial charge in [-0.3, -0.25) is 4.79 Å². The fraction of sp³-hybridized carbons (Fsp3) is 0.286. The van der Waals surface area contributed by atoms with Crippen LogP contribution in [0.5, 0.6) is 0 Å². The number of nitrogens with zero attached hydrogens (tertiary/aromatic N) is 4. The highest BCUT2D eigenvalue weighted by Crippen LogP contribution is 2.32. The Labute approximate surface area is 222 Å². The minimum Gasteiger partial charge on any atom is -0.345 e. The molecule has 0 N–H and O–H groups in total. The summed E-state index contributed by atoms with van der Waals surface area (Å²) in [6.07, 6.45) is 0. The van der Waals surface area contributed by atoms with Crippen molar-refractivity contribution in [2.45, 2.75) is 25.3 Å². The molecule has 0 unspecified atom stereocenters. The molecule has 9 heteroatoms. The van der Waals surface area contributed by atoms with Crippen molar-refractivity contribution in [3.63, 3.8) is 0 Å². The SMILES string of the molecule is Cc1cc(C)c2nc(N3CCN(C(=O)c4ccc(S(=O)(=O)N(C)Cc5ccccc5)cc4)CC3)sc2c1. The van der Waals surface area contributed by atoms with Crippen LogP contribution in [0.15, 0.2) is 71.6 Å². The van der Waals surface area contributed by atoms with Crippen LogP contribution in [0.3, 0.4) is 0 Å². The standard InChI is InChI=1S/C28H30N4O3S2/c1-20-17-21(2)26-25(18-20)36-28(29-26)32-15-13-31(14-16-32)27(33)23-9-11-24(12-10-23)37(34,35)30(3)19-22-7-5-4-6-8-22/h4-12,17-18H,13-16,19H2,1-3H3. The molecule has 0 spiro atoms. The molecule has 0 aliphatic carbocycles. The van der Waals surface area contributed by atoms with Crippen molar-refractivity contribution in [2.75, 3.05) is 38.1 Å². The third-order valence-corrected chi connectivity index (χ3v) is 9.59. The first-order chi connectivity index (χ1) is 17.7. The number of benzene rings is 3. The minimum atomic E-state index is -3.66. The number of piperazine rings is 1. The van der Waals surface area contributed by atoms with Crippen molar-refractivity contribution in [3.8, 4) is 0 Å². The number of sulfonamides is 1. The number of amides is 1. The van der Waals surface area contributed by atoms with Crippen molar-refractivity contribution < 1.29 is 13.2 Å². The molecular formula is C28H30N4O3S2. The first kappa shape index (κ1) is 25.4. The summed E-state index contributed by atoms with van der Waals surface area (Å²) in [5, 5.41) is 0.991. The van der Waals surface area contributed by atoms with E-state index in [1.165, 1.54) is 32.3 Å². The summed E-state index contributed by atoms with van der Waals surface area (Å²) in [6.45, 7) is 7.07. The van der Waals surface area contributed by atoms with Crippen molar-refractivity contribution in [2.24, 2.45) is 0 Å². The summed E-state index contributed by atoms with van der Waals surface area (Å²) in [5.41, 5.74) is 4.87. The van der Waals surface area contributed by atoms with Crippen LogP contribution in [0.25, 0.3) is 10.2 Å². The number of aromatic nitrogens is 1. The molecule has 192 valence electrons. The Balaban J connectivity index is 1.22. The van der Waals surface area contributed by atoms with Gasteiger partial charge in [-0.05, 0) is 60.9 Å². The number of carbonyl (C=O) groups is 1. The van der Waals surface area contributed by atoms with Crippen molar-refractivity contribution in [1.29, 1.82) is 0 Å². The van der Waals surface area contributed by atoms with E-state index < -0.39 is 10.0 Å². The summed E-state index contributed by atoms with van der Waals surface area (Å²) in [6, 6.07) is 20.0. The summed E-state index contributed by atoms with van der Waals surface area (Å²) >= 11 is 1.70. The smallest absolute Gasteiger partial charge is 0.253 e. The van der Waals surface area contributed by atoms with E-state index in [1.807, 2.05) is 35.2 Å². The zero-order chi connectivity index (χ0) is 26.2. The van der Waals surface area contributed by atoms with Gasteiger partial charge in [-0.1, -0.05) is 47.7 Å². The number of carbonyl (C=O) groups excluding carboxylic acids is 1. The van der Waals surface area contributed by atoms with E-state index in [9.17, 15) is 13.2 Å². The summed E-state index contributed by atoms with van der Waals surface area (Å²) < 4.78 is 28.5. The van der Waals surface area contributed by atoms with Gasteiger partial charge in [0.1, 0.15) is 0 Å². The molecule has 1 aromatic heterocycles. The third-order valence-electron chi connectivity index (χ3n) is 6.71. The quantitative estimate of drug-likeness (QED) is 0.359. The normalized spacial score (nSPS) is 14.5. The van der Waals surface area contributed by atoms with Crippen molar-refractivity contribution in [1.82, 2.24) is 14.2 Å². The van der Waals surface area contributed by atoms with Gasteiger partial charge in [0, 0.05) is 45.3 Å². The molecule has 1 fully saturated rings. The third kappa shape index (κ3) is 5.25. The molecule has 0 atom stereocenters. The molecule has 0 radical (unpaired) electrons. The molecule has 4 aromatic rings. The van der Waals surface area contributed by atoms with E-state index in [4.69, 9.17) is 4.98 Å². The summed E-state index contributed by atoms with van der Waals surface area (Å²) in [5.74, 6) is -0.0861. The largest absolute Gasteiger partial charge is 0.345 e. The number of rotatable bonds is 6. The van der Waals surface area contributed by atoms with Gasteiger partial charge in [-0.2, -0.15) is 4.31 Å². The summed E-state index contributed by atoms with van der Waals surface area (Å²) in [4.78, 5) is 22.2. The predicted molar refractivity (Wildman–Crippen MR) is 149 cm³/mol. The first-order valence-electron chi connectivity index (χ1n) is 12.2. The number of aryl methyl sites for hydroxylation is 2. The van der Waals surface area contributed by atoms with E-state index in [0.717, 1.165) is 16.2 Å². The Morgan fingerprint density at radius 2 is 1.65 bits per heavy atom. The average molecular weight is 535 g/mol. The molecular weight excluding hydrogens is 504 g/mol. The second-order valence-corrected chi connectivity index (χ2v) is 12.5. The van der Waals surface area contributed by atoms with Crippen LogP contribution in [-0.4, -0.2) is 61.7 Å². The molecule has 7 nitrogen and oxygen atoms in total. The average Bonchev–Trinajstić information content (AvgIpc) is 3.33. The van der Waals surface area contributed by atoms with Gasteiger partial charge in [0.15, 0.2) is 5.13 Å². The molecule has 1 saturated heterocycles. The topological polar surface area (TPSA) is 73.8 Å². The second kappa shape index (κ2) is 10.2. The fourth-order valence-electron chi connectivity index (χ4n) is 4.65. The van der Waals surface area contributed by atoms with Crippen molar-refractivity contribution >= 4 is 42.6 Å². The zero-order valence-electron chi connectivity index (χ0n) is 21.2.